The van der Waals surface area contributed by atoms with Gasteiger partial charge in [0.2, 0.25) is 0 Å². The molecule has 0 aliphatic rings. The van der Waals surface area contributed by atoms with Gasteiger partial charge < -0.3 is 4.18 Å². The molecule has 0 aromatic rings. The molecule has 0 spiro atoms. The highest BCUT2D eigenvalue weighted by molar-refractivity contribution is 7.75. The monoisotopic (exact) mass is 112 g/mol. The molecule has 0 atom stereocenters. The third kappa shape index (κ3) is 3.75. The van der Waals surface area contributed by atoms with Crippen LogP contribution >= 0.6 is 12.9 Å². The first-order valence-electron chi connectivity index (χ1n) is 1.08. The van der Waals surface area contributed by atoms with Gasteiger partial charge in [0.15, 0.2) is 6.26 Å². The molecule has 0 bridgehead atoms. The fourth-order valence-corrected chi connectivity index (χ4v) is 0.120. The van der Waals surface area contributed by atoms with Crippen molar-refractivity contribution in [2.24, 2.45) is 0 Å². The Hall–Kier alpha value is -0.250. The van der Waals surface area contributed by atoms with Gasteiger partial charge in [-0.15, -0.1) is 0 Å². The van der Waals surface area contributed by atoms with Gasteiger partial charge >= 0.3 is 6.08 Å². The summed E-state index contributed by atoms with van der Waals surface area (Å²) in [5.74, 6) is 0. The highest BCUT2D eigenvalue weighted by atomic mass is 32.1. The van der Waals surface area contributed by atoms with Crippen LogP contribution in [0.1, 0.15) is 0 Å². The Balaban J connectivity index is 3.14. The highest BCUT2D eigenvalue weighted by Gasteiger charge is 1.80. The van der Waals surface area contributed by atoms with Crippen molar-refractivity contribution in [1.29, 1.82) is 0 Å². The molecule has 0 aromatic carbocycles. The van der Waals surface area contributed by atoms with Gasteiger partial charge in [-0.1, -0.05) is 0 Å². The molecular formula is C2H2F2OS. The molecular weight excluding hydrogens is 110 g/mol. The fourth-order valence-electron chi connectivity index (χ4n) is 0.0398. The molecule has 0 radical (unpaired) electrons. The minimum atomic E-state index is -1.88. The second-order valence-electron chi connectivity index (χ2n) is 0.513. The molecule has 0 saturated heterocycles. The summed E-state index contributed by atoms with van der Waals surface area (Å²) in [7, 11) is 0. The van der Waals surface area contributed by atoms with Gasteiger partial charge in [0.25, 0.3) is 0 Å². The summed E-state index contributed by atoms with van der Waals surface area (Å²) < 4.78 is 25.0. The molecule has 4 heteroatoms. The van der Waals surface area contributed by atoms with Crippen LogP contribution in [0.15, 0.2) is 12.3 Å². The number of hydrogen-bond acceptors (Lipinski definition) is 2. The molecule has 6 heavy (non-hydrogen) atoms. The molecule has 0 saturated carbocycles. The first-order chi connectivity index (χ1) is 2.77. The number of hydrogen-bond donors (Lipinski definition) is 1. The predicted molar refractivity (Wildman–Crippen MR) is 20.4 cm³/mol. The smallest absolute Gasteiger partial charge is 0.305 e. The quantitative estimate of drug-likeness (QED) is 0.308. The van der Waals surface area contributed by atoms with Gasteiger partial charge in [-0.3, -0.25) is 0 Å². The Labute approximate surface area is 39.2 Å². The molecule has 0 unspecified atom stereocenters. The molecule has 0 rings (SSSR count). The van der Waals surface area contributed by atoms with Crippen LogP contribution in [0.5, 0.6) is 0 Å². The lowest BCUT2D eigenvalue weighted by Crippen LogP contribution is -1.55. The van der Waals surface area contributed by atoms with Crippen LogP contribution in [-0.2, 0) is 4.18 Å². The average Bonchev–Trinajstić information content (AvgIpc) is 1.35. The number of halogens is 2. The predicted octanol–water partition coefficient (Wildman–Crippen LogP) is 1.59. The van der Waals surface area contributed by atoms with Crippen molar-refractivity contribution >= 4 is 12.9 Å². The van der Waals surface area contributed by atoms with Gasteiger partial charge in [-0.05, 0) is 0 Å². The van der Waals surface area contributed by atoms with Gasteiger partial charge in [-0.25, -0.2) is 0 Å². The zero-order chi connectivity index (χ0) is 4.99. The van der Waals surface area contributed by atoms with Gasteiger partial charge in [-0.2, -0.15) is 8.78 Å². The van der Waals surface area contributed by atoms with Crippen molar-refractivity contribution in [2.75, 3.05) is 0 Å². The van der Waals surface area contributed by atoms with E-state index in [4.69, 9.17) is 0 Å². The third-order valence-corrected chi connectivity index (χ3v) is 0.247. The van der Waals surface area contributed by atoms with E-state index >= 15 is 0 Å². The molecule has 0 N–H and O–H groups in total. The summed E-state index contributed by atoms with van der Waals surface area (Å²) in [5.41, 5.74) is 0. The van der Waals surface area contributed by atoms with Crippen molar-refractivity contribution in [3.05, 3.63) is 12.3 Å². The number of thiol groups is 1. The Morgan fingerprint density at radius 3 is 2.17 bits per heavy atom. The topological polar surface area (TPSA) is 9.23 Å². The first kappa shape index (κ1) is 5.75. The molecule has 0 aliphatic carbocycles. The second-order valence-corrected chi connectivity index (χ2v) is 0.724. The maximum Gasteiger partial charge on any atom is 0.305 e. The SMILES string of the molecule is FC(F)=COS. The van der Waals surface area contributed by atoms with Gasteiger partial charge in [0.05, 0.1) is 0 Å². The molecule has 1 nitrogen and oxygen atoms in total. The van der Waals surface area contributed by atoms with Gasteiger partial charge in [0, 0.05) is 12.9 Å². The Morgan fingerprint density at radius 1 is 1.67 bits per heavy atom. The largest absolute Gasteiger partial charge is 0.431 e. The lowest BCUT2D eigenvalue weighted by molar-refractivity contribution is 0.384. The van der Waals surface area contributed by atoms with E-state index in [1.807, 2.05) is 0 Å². The Bertz CT molecular complexity index is 58.6. The first-order valence-corrected chi connectivity index (χ1v) is 1.45. The van der Waals surface area contributed by atoms with E-state index in [9.17, 15) is 8.78 Å². The molecule has 0 heterocycles. The highest BCUT2D eigenvalue weighted by Crippen LogP contribution is 1.96. The van der Waals surface area contributed by atoms with Crippen LogP contribution in [0.3, 0.4) is 0 Å². The zero-order valence-electron chi connectivity index (χ0n) is 2.69. The van der Waals surface area contributed by atoms with Crippen LogP contribution in [0.2, 0.25) is 0 Å². The van der Waals surface area contributed by atoms with E-state index < -0.39 is 6.08 Å². The van der Waals surface area contributed by atoms with Crippen LogP contribution < -0.4 is 0 Å². The summed E-state index contributed by atoms with van der Waals surface area (Å²) in [4.78, 5) is 0. The maximum atomic E-state index is 10.7. The van der Waals surface area contributed by atoms with Crippen LogP contribution in [-0.4, -0.2) is 0 Å². The van der Waals surface area contributed by atoms with E-state index in [-0.39, 0.29) is 6.26 Å². The van der Waals surface area contributed by atoms with Crippen molar-refractivity contribution in [3.8, 4) is 0 Å². The molecule has 36 valence electrons. The summed E-state index contributed by atoms with van der Waals surface area (Å²) >= 11 is 3.00. The summed E-state index contributed by atoms with van der Waals surface area (Å²) in [6.07, 6.45) is -1.65. The van der Waals surface area contributed by atoms with Crippen molar-refractivity contribution < 1.29 is 13.0 Å². The van der Waals surface area contributed by atoms with Gasteiger partial charge in [0.1, 0.15) is 0 Å². The third-order valence-electron chi connectivity index (χ3n) is 0.142. The van der Waals surface area contributed by atoms with E-state index in [0.717, 1.165) is 0 Å². The van der Waals surface area contributed by atoms with Crippen molar-refractivity contribution in [2.45, 2.75) is 0 Å². The van der Waals surface area contributed by atoms with Crippen molar-refractivity contribution in [3.63, 3.8) is 0 Å². The van der Waals surface area contributed by atoms with E-state index in [1.165, 1.54) is 0 Å². The van der Waals surface area contributed by atoms with E-state index in [2.05, 4.69) is 17.1 Å². The maximum absolute atomic E-state index is 10.7. The lowest BCUT2D eigenvalue weighted by Gasteiger charge is -1.76. The van der Waals surface area contributed by atoms with Crippen LogP contribution in [0, 0.1) is 0 Å². The lowest BCUT2D eigenvalue weighted by atomic mass is 11.1. The average molecular weight is 112 g/mol. The molecule has 0 fully saturated rings. The second kappa shape index (κ2) is 2.96. The Kier molecular flexibility index (Phi) is 2.84. The van der Waals surface area contributed by atoms with Crippen LogP contribution in [0.4, 0.5) is 8.78 Å². The van der Waals surface area contributed by atoms with Crippen molar-refractivity contribution in [1.82, 2.24) is 0 Å². The molecule has 0 aromatic heterocycles. The normalized spacial score (nSPS) is 7.17. The number of rotatable bonds is 1. The molecule has 0 amide bonds. The Morgan fingerprint density at radius 2 is 2.17 bits per heavy atom. The minimum Gasteiger partial charge on any atom is -0.431 e. The van der Waals surface area contributed by atoms with E-state index in [0.29, 0.717) is 0 Å². The standard InChI is InChI=1S/C2H2F2OS/c3-2(4)1-5-6/h1,6H. The van der Waals surface area contributed by atoms with Crippen LogP contribution in [0.25, 0.3) is 0 Å². The summed E-state index contributed by atoms with van der Waals surface area (Å²) in [6, 6.07) is 0. The minimum absolute atomic E-state index is 0.239. The molecule has 0 aliphatic heterocycles. The zero-order valence-corrected chi connectivity index (χ0v) is 3.58. The summed E-state index contributed by atoms with van der Waals surface area (Å²) in [6.45, 7) is 0. The summed E-state index contributed by atoms with van der Waals surface area (Å²) in [5, 5.41) is 0. The van der Waals surface area contributed by atoms with E-state index in [1.54, 1.807) is 0 Å². The fraction of sp³-hybridized carbons (Fsp3) is 0.